The van der Waals surface area contributed by atoms with Crippen LogP contribution in [-0.2, 0) is 48.4 Å². The van der Waals surface area contributed by atoms with E-state index in [1.165, 1.54) is 11.8 Å². The quantitative estimate of drug-likeness (QED) is 0.0809. The minimum Gasteiger partial charge on any atom is -0.445 e. The van der Waals surface area contributed by atoms with Crippen molar-refractivity contribution in [1.82, 2.24) is 10.2 Å². The summed E-state index contributed by atoms with van der Waals surface area (Å²) in [5, 5.41) is 14.9. The Labute approximate surface area is 335 Å². The minimum absolute atomic E-state index is 0.0346. The number of alkyl carbamates (subject to hydrolysis) is 1. The zero-order valence-corrected chi connectivity index (χ0v) is 32.2. The van der Waals surface area contributed by atoms with E-state index < -0.39 is 24.3 Å². The average molecular weight is 786 g/mol. The van der Waals surface area contributed by atoms with Crippen molar-refractivity contribution in [3.8, 4) is 11.1 Å². The van der Waals surface area contributed by atoms with Gasteiger partial charge in [-0.2, -0.15) is 0 Å². The van der Waals surface area contributed by atoms with Gasteiger partial charge in [0.05, 0.1) is 31.8 Å². The first-order valence-electron chi connectivity index (χ1n) is 18.7. The Hall–Kier alpha value is -5.79. The smallest absolute Gasteiger partial charge is 0.408 e. The number of hydrogen-bond donors (Lipinski definition) is 3. The van der Waals surface area contributed by atoms with Gasteiger partial charge in [0, 0.05) is 35.2 Å². The molecule has 0 radical (unpaired) electrons. The second-order valence-corrected chi connectivity index (χ2v) is 15.1. The van der Waals surface area contributed by atoms with Crippen molar-refractivity contribution in [3.63, 3.8) is 0 Å². The van der Waals surface area contributed by atoms with E-state index in [1.807, 2.05) is 127 Å². The number of anilines is 1. The number of nitrogens with one attached hydrogen (secondary N) is 2. The number of aliphatic hydroxyl groups is 1. The number of nitrogens with zero attached hydrogens (tertiary/aromatic N) is 1. The third-order valence-corrected chi connectivity index (χ3v) is 10.9. The Morgan fingerprint density at radius 3 is 2.25 bits per heavy atom. The normalized spacial score (nSPS) is 19.3. The number of amides is 4. The van der Waals surface area contributed by atoms with Crippen molar-refractivity contribution in [2.24, 2.45) is 0 Å². The molecule has 2 fully saturated rings. The first-order valence-corrected chi connectivity index (χ1v) is 19.7. The molecule has 0 aromatic heterocycles. The summed E-state index contributed by atoms with van der Waals surface area (Å²) in [6.07, 6.45) is -1.23. The molecule has 1 unspecified atom stereocenters. The molecule has 3 N–H and O–H groups in total. The fourth-order valence-electron chi connectivity index (χ4n) is 6.78. The predicted molar refractivity (Wildman–Crippen MR) is 215 cm³/mol. The van der Waals surface area contributed by atoms with Crippen LogP contribution in [0.4, 0.5) is 10.5 Å². The van der Waals surface area contributed by atoms with Crippen LogP contribution >= 0.6 is 11.8 Å². The molecule has 57 heavy (non-hydrogen) atoms. The minimum atomic E-state index is -0.985. The summed E-state index contributed by atoms with van der Waals surface area (Å²) >= 11 is 1.68. The van der Waals surface area contributed by atoms with Gasteiger partial charge in [0.15, 0.2) is 6.29 Å². The zero-order valence-electron chi connectivity index (χ0n) is 31.3. The van der Waals surface area contributed by atoms with Crippen molar-refractivity contribution in [2.75, 3.05) is 11.1 Å². The lowest BCUT2D eigenvalue weighted by Gasteiger charge is -2.36. The SMILES string of the molecule is CC(=O)Nc1ccc(SC[C@H]2C[C@@H](c3ccc(CO)cc3)O[C@@H](c3ccc(-c4cccc(CN5C(=O)CC(NC(=O)OCc6ccccc6)C5=O)c4)cc3)O2)cc1. The van der Waals surface area contributed by atoms with Crippen molar-refractivity contribution in [1.29, 1.82) is 0 Å². The monoisotopic (exact) mass is 785 g/mol. The number of aliphatic hydroxyl groups excluding tert-OH is 1. The Bertz CT molecular complexity index is 2180. The van der Waals surface area contributed by atoms with Crippen LogP contribution in [0.15, 0.2) is 132 Å². The van der Waals surface area contributed by atoms with Gasteiger partial charge < -0.3 is 30.0 Å². The molecule has 0 saturated carbocycles. The molecule has 2 heterocycles. The molecule has 7 rings (SSSR count). The molecule has 4 atom stereocenters. The standard InChI is InChI=1S/C45H43N3O8S/c1-29(50)46-37-18-20-39(21-19-37)57-28-38-23-41(34-12-10-30(26-49)11-13-34)56-44(55-38)35-16-14-33(15-17-35)36-9-5-8-32(22-36)25-48-42(51)24-40(43(48)52)47-45(53)54-27-31-6-3-2-4-7-31/h2-22,38,40-41,44,49H,23-28H2,1H3,(H,46,50)(H,47,53)/t38-,40?,41+,44+/m1/s1. The summed E-state index contributed by atoms with van der Waals surface area (Å²) in [5.74, 6) is -0.269. The third kappa shape index (κ3) is 10.3. The molecule has 4 amide bonds. The Morgan fingerprint density at radius 2 is 1.53 bits per heavy atom. The summed E-state index contributed by atoms with van der Waals surface area (Å²) in [5.41, 5.74) is 6.85. The molecule has 11 nitrogen and oxygen atoms in total. The maximum absolute atomic E-state index is 13.2. The lowest BCUT2D eigenvalue weighted by molar-refractivity contribution is -0.245. The summed E-state index contributed by atoms with van der Waals surface area (Å²) < 4.78 is 18.4. The first-order chi connectivity index (χ1) is 27.7. The van der Waals surface area contributed by atoms with E-state index in [-0.39, 0.29) is 50.2 Å². The van der Waals surface area contributed by atoms with Gasteiger partial charge in [-0.3, -0.25) is 19.3 Å². The van der Waals surface area contributed by atoms with Crippen LogP contribution in [0, 0.1) is 0 Å². The highest BCUT2D eigenvalue weighted by Crippen LogP contribution is 2.40. The molecule has 2 saturated heterocycles. The summed E-state index contributed by atoms with van der Waals surface area (Å²) in [6, 6.07) is 39.3. The molecule has 292 valence electrons. The maximum Gasteiger partial charge on any atom is 0.408 e. The molecular formula is C45H43N3O8S. The lowest BCUT2D eigenvalue weighted by atomic mass is 9.99. The number of rotatable bonds is 13. The van der Waals surface area contributed by atoms with E-state index in [9.17, 15) is 24.3 Å². The largest absolute Gasteiger partial charge is 0.445 e. The van der Waals surface area contributed by atoms with Gasteiger partial charge in [-0.25, -0.2) is 4.79 Å². The van der Waals surface area contributed by atoms with Crippen LogP contribution in [0.2, 0.25) is 0 Å². The van der Waals surface area contributed by atoms with Gasteiger partial charge in [0.25, 0.3) is 5.91 Å². The number of thioether (sulfide) groups is 1. The molecule has 0 aliphatic carbocycles. The van der Waals surface area contributed by atoms with Gasteiger partial charge in [0.2, 0.25) is 11.8 Å². The van der Waals surface area contributed by atoms with E-state index in [4.69, 9.17) is 14.2 Å². The zero-order chi connectivity index (χ0) is 39.7. The second kappa shape index (κ2) is 18.4. The van der Waals surface area contributed by atoms with Gasteiger partial charge in [-0.05, 0) is 63.7 Å². The number of carbonyl (C=O) groups is 4. The van der Waals surface area contributed by atoms with Crippen molar-refractivity contribution < 1.29 is 38.5 Å². The van der Waals surface area contributed by atoms with E-state index in [2.05, 4.69) is 10.6 Å². The van der Waals surface area contributed by atoms with Gasteiger partial charge in [-0.1, -0.05) is 97.1 Å². The van der Waals surface area contributed by atoms with Gasteiger partial charge in [0.1, 0.15) is 12.6 Å². The fraction of sp³-hybridized carbons (Fsp3) is 0.244. The van der Waals surface area contributed by atoms with Crippen LogP contribution in [0.3, 0.4) is 0 Å². The Kier molecular flexibility index (Phi) is 12.8. The highest BCUT2D eigenvalue weighted by Gasteiger charge is 2.40. The fourth-order valence-corrected chi connectivity index (χ4v) is 7.70. The number of ether oxygens (including phenoxy) is 3. The van der Waals surface area contributed by atoms with E-state index in [1.54, 1.807) is 11.8 Å². The van der Waals surface area contributed by atoms with Crippen molar-refractivity contribution in [2.45, 2.75) is 69.0 Å². The molecule has 12 heteroatoms. The van der Waals surface area contributed by atoms with Crippen LogP contribution in [0.1, 0.15) is 60.0 Å². The van der Waals surface area contributed by atoms with Crippen LogP contribution < -0.4 is 10.6 Å². The van der Waals surface area contributed by atoms with Gasteiger partial charge >= 0.3 is 6.09 Å². The Balaban J connectivity index is 0.996. The number of carbonyl (C=O) groups excluding carboxylic acids is 4. The van der Waals surface area contributed by atoms with Crippen molar-refractivity contribution in [3.05, 3.63) is 155 Å². The molecule has 2 aliphatic heterocycles. The first kappa shape index (κ1) is 39.4. The van der Waals surface area contributed by atoms with Gasteiger partial charge in [-0.15, -0.1) is 11.8 Å². The molecular weight excluding hydrogens is 743 g/mol. The number of hydrogen-bond acceptors (Lipinski definition) is 9. The topological polar surface area (TPSA) is 144 Å². The third-order valence-electron chi connectivity index (χ3n) is 9.76. The van der Waals surface area contributed by atoms with Crippen LogP contribution in [0.5, 0.6) is 0 Å². The summed E-state index contributed by atoms with van der Waals surface area (Å²) in [7, 11) is 0. The number of imide groups is 1. The second-order valence-electron chi connectivity index (χ2n) is 14.0. The van der Waals surface area contributed by atoms with E-state index in [0.717, 1.165) is 49.5 Å². The van der Waals surface area contributed by atoms with Crippen LogP contribution in [0.25, 0.3) is 11.1 Å². The van der Waals surface area contributed by atoms with Crippen LogP contribution in [-0.4, -0.2) is 51.7 Å². The van der Waals surface area contributed by atoms with E-state index in [0.29, 0.717) is 12.2 Å². The van der Waals surface area contributed by atoms with E-state index >= 15 is 0 Å². The molecule has 2 aliphatic rings. The highest BCUT2D eigenvalue weighted by molar-refractivity contribution is 7.99. The number of benzene rings is 5. The highest BCUT2D eigenvalue weighted by atomic mass is 32.2. The number of likely N-dealkylation sites (tertiary alicyclic amines) is 1. The van der Waals surface area contributed by atoms with Crippen molar-refractivity contribution >= 4 is 41.3 Å². The predicted octanol–water partition coefficient (Wildman–Crippen LogP) is 7.70. The Morgan fingerprint density at radius 1 is 0.807 bits per heavy atom. The lowest BCUT2D eigenvalue weighted by Crippen LogP contribution is -2.41. The molecule has 5 aromatic carbocycles. The summed E-state index contributed by atoms with van der Waals surface area (Å²) in [4.78, 5) is 52.1. The molecule has 0 bridgehead atoms. The maximum atomic E-state index is 13.2. The summed E-state index contributed by atoms with van der Waals surface area (Å²) in [6.45, 7) is 1.58. The molecule has 0 spiro atoms. The average Bonchev–Trinajstić information content (AvgIpc) is 3.49. The molecule has 5 aromatic rings.